The molecule has 0 saturated carbocycles. The number of benzene rings is 2. The Morgan fingerprint density at radius 3 is 2.86 bits per heavy atom. The van der Waals surface area contributed by atoms with E-state index in [1.807, 2.05) is 36.4 Å². The number of hydrogen-bond acceptors (Lipinski definition) is 4. The summed E-state index contributed by atoms with van der Waals surface area (Å²) in [4.78, 5) is 15.9. The highest BCUT2D eigenvalue weighted by Crippen LogP contribution is 2.16. The van der Waals surface area contributed by atoms with Crippen molar-refractivity contribution in [2.24, 2.45) is 0 Å². The molecule has 0 fully saturated rings. The fourth-order valence-electron chi connectivity index (χ4n) is 2.00. The van der Waals surface area contributed by atoms with Gasteiger partial charge in [-0.05, 0) is 29.8 Å². The molecule has 21 heavy (non-hydrogen) atoms. The van der Waals surface area contributed by atoms with Gasteiger partial charge in [0.1, 0.15) is 11.3 Å². The summed E-state index contributed by atoms with van der Waals surface area (Å²) in [6.07, 6.45) is -0.491. The molecular weight excluding hydrogens is 268 g/mol. The molecule has 0 radical (unpaired) electrons. The molecule has 0 saturated heterocycles. The van der Waals surface area contributed by atoms with E-state index in [0.717, 1.165) is 11.1 Å². The summed E-state index contributed by atoms with van der Waals surface area (Å²) in [5.74, 6) is 1.13. The number of hydrogen-bond donors (Lipinski definition) is 1. The third kappa shape index (κ3) is 3.20. The van der Waals surface area contributed by atoms with Crippen LogP contribution in [-0.2, 0) is 6.54 Å². The van der Waals surface area contributed by atoms with E-state index in [1.165, 1.54) is 0 Å². The number of aromatic nitrogens is 1. The van der Waals surface area contributed by atoms with Crippen LogP contribution in [0.4, 0.5) is 4.79 Å². The molecule has 0 spiro atoms. The van der Waals surface area contributed by atoms with Crippen molar-refractivity contribution >= 4 is 17.2 Å². The second-order valence-corrected chi connectivity index (χ2v) is 4.59. The van der Waals surface area contributed by atoms with Crippen LogP contribution in [-0.4, -0.2) is 11.1 Å². The third-order valence-electron chi connectivity index (χ3n) is 2.95. The van der Waals surface area contributed by atoms with Crippen LogP contribution in [0.25, 0.3) is 11.1 Å². The predicted octanol–water partition coefficient (Wildman–Crippen LogP) is 3.42. The highest BCUT2D eigenvalue weighted by molar-refractivity contribution is 5.74. The van der Waals surface area contributed by atoms with Gasteiger partial charge in [0.05, 0.1) is 0 Å². The summed E-state index contributed by atoms with van der Waals surface area (Å²) in [5, 5.41) is 2.70. The van der Waals surface area contributed by atoms with Gasteiger partial charge in [-0.2, -0.15) is 0 Å². The monoisotopic (exact) mass is 282 g/mol. The first kappa shape index (κ1) is 13.2. The van der Waals surface area contributed by atoms with Gasteiger partial charge < -0.3 is 14.5 Å². The Hall–Kier alpha value is -2.82. The molecule has 0 aliphatic rings. The Kier molecular flexibility index (Phi) is 3.55. The lowest BCUT2D eigenvalue weighted by Crippen LogP contribution is -2.26. The first-order chi connectivity index (χ1) is 10.2. The lowest BCUT2D eigenvalue weighted by atomic mass is 10.2. The maximum atomic E-state index is 11.7. The number of rotatable bonds is 3. The zero-order valence-electron chi connectivity index (χ0n) is 11.5. The summed E-state index contributed by atoms with van der Waals surface area (Å²) in [6.45, 7) is 2.16. The van der Waals surface area contributed by atoms with Crippen molar-refractivity contribution in [1.29, 1.82) is 0 Å². The van der Waals surface area contributed by atoms with Gasteiger partial charge in [0.25, 0.3) is 0 Å². The van der Waals surface area contributed by atoms with E-state index in [2.05, 4.69) is 10.3 Å². The van der Waals surface area contributed by atoms with E-state index in [1.54, 1.807) is 19.1 Å². The highest BCUT2D eigenvalue weighted by atomic mass is 16.6. The Balaban J connectivity index is 1.62. The van der Waals surface area contributed by atoms with E-state index in [4.69, 9.17) is 9.15 Å². The molecule has 106 valence electrons. The number of oxazole rings is 1. The molecule has 3 rings (SSSR count). The lowest BCUT2D eigenvalue weighted by Gasteiger charge is -2.06. The third-order valence-corrected chi connectivity index (χ3v) is 2.95. The van der Waals surface area contributed by atoms with Gasteiger partial charge in [-0.25, -0.2) is 9.78 Å². The molecule has 1 heterocycles. The minimum atomic E-state index is -0.491. The Bertz CT molecular complexity index is 766. The van der Waals surface area contributed by atoms with Crippen LogP contribution in [0.1, 0.15) is 11.5 Å². The Morgan fingerprint density at radius 1 is 1.24 bits per heavy atom. The molecule has 0 aliphatic carbocycles. The van der Waals surface area contributed by atoms with Crippen molar-refractivity contribution in [2.75, 3.05) is 0 Å². The van der Waals surface area contributed by atoms with Gasteiger partial charge in [0.15, 0.2) is 11.5 Å². The fourth-order valence-corrected chi connectivity index (χ4v) is 2.00. The largest absolute Gasteiger partial charge is 0.441 e. The van der Waals surface area contributed by atoms with Crippen LogP contribution in [0.5, 0.6) is 5.75 Å². The van der Waals surface area contributed by atoms with Crippen molar-refractivity contribution in [1.82, 2.24) is 10.3 Å². The Labute approximate surface area is 121 Å². The van der Waals surface area contributed by atoms with Crippen LogP contribution in [0.3, 0.4) is 0 Å². The second kappa shape index (κ2) is 5.66. The van der Waals surface area contributed by atoms with Crippen molar-refractivity contribution in [3.05, 3.63) is 60.0 Å². The number of amides is 1. The molecule has 1 aromatic heterocycles. The normalized spacial score (nSPS) is 10.5. The van der Waals surface area contributed by atoms with Crippen LogP contribution < -0.4 is 10.1 Å². The van der Waals surface area contributed by atoms with Crippen LogP contribution in [0, 0.1) is 6.92 Å². The zero-order valence-corrected chi connectivity index (χ0v) is 11.5. The van der Waals surface area contributed by atoms with Gasteiger partial charge in [0, 0.05) is 13.5 Å². The summed E-state index contributed by atoms with van der Waals surface area (Å²) >= 11 is 0. The topological polar surface area (TPSA) is 64.4 Å². The maximum Gasteiger partial charge on any atom is 0.412 e. The highest BCUT2D eigenvalue weighted by Gasteiger charge is 2.06. The number of fused-ring (bicyclic) bond motifs is 1. The van der Waals surface area contributed by atoms with E-state index in [9.17, 15) is 4.79 Å². The molecule has 2 aromatic carbocycles. The lowest BCUT2D eigenvalue weighted by molar-refractivity contribution is 0.200. The van der Waals surface area contributed by atoms with E-state index in [-0.39, 0.29) is 0 Å². The van der Waals surface area contributed by atoms with Crippen molar-refractivity contribution < 1.29 is 13.9 Å². The number of para-hydroxylation sites is 1. The number of carbonyl (C=O) groups excluding carboxylic acids is 1. The molecule has 0 aliphatic heterocycles. The standard InChI is InChI=1S/C16H14N2O3/c1-11-18-14-8-7-12(9-15(14)20-11)10-17-16(19)21-13-5-3-2-4-6-13/h2-9H,10H2,1H3,(H,17,19). The molecule has 0 bridgehead atoms. The van der Waals surface area contributed by atoms with Crippen LogP contribution >= 0.6 is 0 Å². The molecule has 3 aromatic rings. The molecule has 5 nitrogen and oxygen atoms in total. The smallest absolute Gasteiger partial charge is 0.412 e. The minimum Gasteiger partial charge on any atom is -0.441 e. The first-order valence-corrected chi connectivity index (χ1v) is 6.57. The van der Waals surface area contributed by atoms with Crippen molar-refractivity contribution in [3.63, 3.8) is 0 Å². The van der Waals surface area contributed by atoms with Crippen LogP contribution in [0.2, 0.25) is 0 Å². The van der Waals surface area contributed by atoms with E-state index < -0.39 is 6.09 Å². The number of aryl methyl sites for hydroxylation is 1. The van der Waals surface area contributed by atoms with Crippen molar-refractivity contribution in [3.8, 4) is 5.75 Å². The Morgan fingerprint density at radius 2 is 2.05 bits per heavy atom. The van der Waals surface area contributed by atoms with Gasteiger partial charge in [0.2, 0.25) is 0 Å². The number of carbonyl (C=O) groups is 1. The zero-order chi connectivity index (χ0) is 14.7. The minimum absolute atomic E-state index is 0.362. The van der Waals surface area contributed by atoms with Gasteiger partial charge in [-0.3, -0.25) is 0 Å². The van der Waals surface area contributed by atoms with Gasteiger partial charge in [-0.15, -0.1) is 0 Å². The second-order valence-electron chi connectivity index (χ2n) is 4.59. The van der Waals surface area contributed by atoms with Gasteiger partial charge in [-0.1, -0.05) is 24.3 Å². The molecule has 0 unspecified atom stereocenters. The number of nitrogens with one attached hydrogen (secondary N) is 1. The number of nitrogens with zero attached hydrogens (tertiary/aromatic N) is 1. The number of ether oxygens (including phenoxy) is 1. The van der Waals surface area contributed by atoms with E-state index in [0.29, 0.717) is 23.8 Å². The average Bonchev–Trinajstić information content (AvgIpc) is 2.85. The molecule has 1 amide bonds. The SMILES string of the molecule is Cc1nc2ccc(CNC(=O)Oc3ccccc3)cc2o1. The molecule has 0 atom stereocenters. The summed E-state index contributed by atoms with van der Waals surface area (Å²) in [7, 11) is 0. The fraction of sp³-hybridized carbons (Fsp3) is 0.125. The summed E-state index contributed by atoms with van der Waals surface area (Å²) < 4.78 is 10.6. The van der Waals surface area contributed by atoms with Crippen molar-refractivity contribution in [2.45, 2.75) is 13.5 Å². The molecule has 1 N–H and O–H groups in total. The first-order valence-electron chi connectivity index (χ1n) is 6.57. The quantitative estimate of drug-likeness (QED) is 0.799. The predicted molar refractivity (Wildman–Crippen MR) is 78.1 cm³/mol. The maximum absolute atomic E-state index is 11.7. The van der Waals surface area contributed by atoms with Crippen LogP contribution in [0.15, 0.2) is 52.9 Å². The molecular formula is C16H14N2O3. The average molecular weight is 282 g/mol. The summed E-state index contributed by atoms with van der Waals surface area (Å²) in [6, 6.07) is 14.5. The summed E-state index contributed by atoms with van der Waals surface area (Å²) in [5.41, 5.74) is 2.44. The molecule has 5 heteroatoms. The van der Waals surface area contributed by atoms with Gasteiger partial charge >= 0.3 is 6.09 Å². The van der Waals surface area contributed by atoms with E-state index >= 15 is 0 Å².